The van der Waals surface area contributed by atoms with Gasteiger partial charge in [-0.2, -0.15) is 0 Å². The van der Waals surface area contributed by atoms with Crippen molar-refractivity contribution in [1.29, 1.82) is 0 Å². The van der Waals surface area contributed by atoms with E-state index >= 15 is 0 Å². The minimum Gasteiger partial charge on any atom is -0.481 e. The summed E-state index contributed by atoms with van der Waals surface area (Å²) < 4.78 is 0. The molecule has 0 aromatic heterocycles. The van der Waals surface area contributed by atoms with E-state index in [0.29, 0.717) is 6.54 Å². The zero-order valence-corrected chi connectivity index (χ0v) is 15.4. The van der Waals surface area contributed by atoms with E-state index in [1.165, 1.54) is 19.3 Å². The number of carboxylic acids is 1. The first-order valence-corrected chi connectivity index (χ1v) is 9.66. The Bertz CT molecular complexity index is 706. The number of unbranched alkanes of at least 4 members (excludes halogenated alkanes) is 7. The number of rotatable bonds is 12. The van der Waals surface area contributed by atoms with E-state index in [4.69, 9.17) is 5.11 Å². The minimum absolute atomic E-state index is 0.000213. The number of carbonyl (C=O) groups excluding carboxylic acids is 1. The van der Waals surface area contributed by atoms with Crippen LogP contribution in [0, 0.1) is 0 Å². The molecule has 2 N–H and O–H groups in total. The molecule has 0 bridgehead atoms. The van der Waals surface area contributed by atoms with Crippen LogP contribution in [-0.4, -0.2) is 23.5 Å². The lowest BCUT2D eigenvalue weighted by atomic mass is 10.0. The van der Waals surface area contributed by atoms with Gasteiger partial charge in [-0.1, -0.05) is 74.9 Å². The predicted octanol–water partition coefficient (Wildman–Crippen LogP) is 5.17. The van der Waals surface area contributed by atoms with Gasteiger partial charge in [-0.05, 0) is 29.7 Å². The van der Waals surface area contributed by atoms with E-state index in [0.717, 1.165) is 48.4 Å². The maximum Gasteiger partial charge on any atom is 0.303 e. The Morgan fingerprint density at radius 1 is 0.769 bits per heavy atom. The average Bonchev–Trinajstić information content (AvgIpc) is 2.65. The maximum absolute atomic E-state index is 12.4. The number of nitrogens with one attached hydrogen (secondary N) is 1. The standard InChI is InChI=1S/C22H29NO3/c24-21(25)16-7-5-3-1-2-4-6-10-17-23-22(26)20-15-11-13-18-12-8-9-14-19(18)20/h8-9,11-15H,1-7,10,16-17H2,(H,23,26)(H,24,25). The molecule has 0 aliphatic rings. The first kappa shape index (κ1) is 20.0. The van der Waals surface area contributed by atoms with Gasteiger partial charge in [-0.15, -0.1) is 0 Å². The lowest BCUT2D eigenvalue weighted by Crippen LogP contribution is -2.24. The highest BCUT2D eigenvalue weighted by molar-refractivity contribution is 6.06. The third-order valence-electron chi connectivity index (χ3n) is 4.64. The third kappa shape index (κ3) is 6.87. The Morgan fingerprint density at radius 3 is 2.12 bits per heavy atom. The number of fused-ring (bicyclic) bond motifs is 1. The van der Waals surface area contributed by atoms with Gasteiger partial charge in [0.1, 0.15) is 0 Å². The Labute approximate surface area is 155 Å². The Kier molecular flexibility index (Phi) is 8.67. The van der Waals surface area contributed by atoms with Gasteiger partial charge in [-0.3, -0.25) is 9.59 Å². The second-order valence-corrected chi connectivity index (χ2v) is 6.75. The molecule has 0 fully saturated rings. The smallest absolute Gasteiger partial charge is 0.303 e. The minimum atomic E-state index is -0.699. The molecular weight excluding hydrogens is 326 g/mol. The van der Waals surface area contributed by atoms with Crippen LogP contribution in [0.3, 0.4) is 0 Å². The second kappa shape index (κ2) is 11.3. The molecule has 140 valence electrons. The van der Waals surface area contributed by atoms with Crippen LogP contribution in [0.1, 0.15) is 68.1 Å². The summed E-state index contributed by atoms with van der Waals surface area (Å²) in [6.07, 6.45) is 8.83. The first-order valence-electron chi connectivity index (χ1n) is 9.66. The average molecular weight is 355 g/mol. The van der Waals surface area contributed by atoms with Crippen molar-refractivity contribution in [3.8, 4) is 0 Å². The number of carbonyl (C=O) groups is 2. The van der Waals surface area contributed by atoms with Crippen molar-refractivity contribution in [2.45, 2.75) is 57.8 Å². The molecule has 2 rings (SSSR count). The van der Waals surface area contributed by atoms with Crippen LogP contribution in [0.2, 0.25) is 0 Å². The van der Waals surface area contributed by atoms with Gasteiger partial charge in [0.05, 0.1) is 0 Å². The molecule has 0 aliphatic heterocycles. The summed E-state index contributed by atoms with van der Waals surface area (Å²) in [7, 11) is 0. The van der Waals surface area contributed by atoms with Gasteiger partial charge < -0.3 is 10.4 Å². The fourth-order valence-electron chi connectivity index (χ4n) is 3.18. The van der Waals surface area contributed by atoms with Gasteiger partial charge in [0, 0.05) is 18.5 Å². The summed E-state index contributed by atoms with van der Waals surface area (Å²) in [4.78, 5) is 22.8. The number of carboxylic acid groups (broad SMARTS) is 1. The summed E-state index contributed by atoms with van der Waals surface area (Å²) in [5.74, 6) is -0.698. The SMILES string of the molecule is O=C(O)CCCCCCCCCCNC(=O)c1cccc2ccccc12. The summed E-state index contributed by atoms with van der Waals surface area (Å²) in [5, 5.41) is 13.7. The second-order valence-electron chi connectivity index (χ2n) is 6.75. The van der Waals surface area contributed by atoms with E-state index in [-0.39, 0.29) is 12.3 Å². The molecule has 0 saturated heterocycles. The van der Waals surface area contributed by atoms with Gasteiger partial charge in [0.25, 0.3) is 5.91 Å². The van der Waals surface area contributed by atoms with Crippen LogP contribution < -0.4 is 5.32 Å². The fraction of sp³-hybridized carbons (Fsp3) is 0.455. The van der Waals surface area contributed by atoms with Crippen LogP contribution in [0.5, 0.6) is 0 Å². The molecule has 0 aliphatic carbocycles. The van der Waals surface area contributed by atoms with Crippen molar-refractivity contribution in [2.24, 2.45) is 0 Å². The molecule has 1 amide bonds. The summed E-state index contributed by atoms with van der Waals surface area (Å²) in [5.41, 5.74) is 0.740. The van der Waals surface area contributed by atoms with Crippen LogP contribution in [-0.2, 0) is 4.79 Å². The molecular formula is C22H29NO3. The zero-order chi connectivity index (χ0) is 18.6. The van der Waals surface area contributed by atoms with Crippen molar-refractivity contribution in [2.75, 3.05) is 6.54 Å². The zero-order valence-electron chi connectivity index (χ0n) is 15.4. The Balaban J connectivity index is 1.56. The number of amides is 1. The van der Waals surface area contributed by atoms with Crippen LogP contribution in [0.4, 0.5) is 0 Å². The highest BCUT2D eigenvalue weighted by Gasteiger charge is 2.08. The Hall–Kier alpha value is -2.36. The quantitative estimate of drug-likeness (QED) is 0.516. The highest BCUT2D eigenvalue weighted by Crippen LogP contribution is 2.18. The van der Waals surface area contributed by atoms with Gasteiger partial charge in [0.2, 0.25) is 0 Å². The molecule has 2 aromatic rings. The first-order chi connectivity index (χ1) is 12.7. The van der Waals surface area contributed by atoms with E-state index < -0.39 is 5.97 Å². The molecule has 0 atom stereocenters. The lowest BCUT2D eigenvalue weighted by molar-refractivity contribution is -0.137. The normalized spacial score (nSPS) is 10.8. The van der Waals surface area contributed by atoms with Crippen molar-refractivity contribution >= 4 is 22.6 Å². The fourth-order valence-corrected chi connectivity index (χ4v) is 3.18. The lowest BCUT2D eigenvalue weighted by Gasteiger charge is -2.08. The Morgan fingerprint density at radius 2 is 1.38 bits per heavy atom. The molecule has 0 radical (unpaired) electrons. The van der Waals surface area contributed by atoms with E-state index in [9.17, 15) is 9.59 Å². The molecule has 4 nitrogen and oxygen atoms in total. The third-order valence-corrected chi connectivity index (χ3v) is 4.64. The molecule has 4 heteroatoms. The summed E-state index contributed by atoms with van der Waals surface area (Å²) >= 11 is 0. The van der Waals surface area contributed by atoms with Gasteiger partial charge in [0.15, 0.2) is 0 Å². The number of hydrogen-bond acceptors (Lipinski definition) is 2. The summed E-state index contributed by atoms with van der Waals surface area (Å²) in [6, 6.07) is 13.8. The topological polar surface area (TPSA) is 66.4 Å². The molecule has 2 aromatic carbocycles. The molecule has 0 unspecified atom stereocenters. The number of aliphatic carboxylic acids is 1. The van der Waals surface area contributed by atoms with Crippen molar-refractivity contribution in [3.05, 3.63) is 48.0 Å². The number of benzene rings is 2. The van der Waals surface area contributed by atoms with E-state index in [1.807, 2.05) is 42.5 Å². The van der Waals surface area contributed by atoms with E-state index in [1.54, 1.807) is 0 Å². The molecule has 0 heterocycles. The predicted molar refractivity (Wildman–Crippen MR) is 105 cm³/mol. The summed E-state index contributed by atoms with van der Waals surface area (Å²) in [6.45, 7) is 0.709. The maximum atomic E-state index is 12.4. The largest absolute Gasteiger partial charge is 0.481 e. The van der Waals surface area contributed by atoms with Crippen LogP contribution >= 0.6 is 0 Å². The molecule has 26 heavy (non-hydrogen) atoms. The molecule has 0 spiro atoms. The van der Waals surface area contributed by atoms with Crippen molar-refractivity contribution < 1.29 is 14.7 Å². The van der Waals surface area contributed by atoms with Crippen molar-refractivity contribution in [1.82, 2.24) is 5.32 Å². The highest BCUT2D eigenvalue weighted by atomic mass is 16.4. The van der Waals surface area contributed by atoms with Gasteiger partial charge in [-0.25, -0.2) is 0 Å². The number of hydrogen-bond donors (Lipinski definition) is 2. The van der Waals surface area contributed by atoms with Crippen LogP contribution in [0.25, 0.3) is 10.8 Å². The monoisotopic (exact) mass is 355 g/mol. The van der Waals surface area contributed by atoms with E-state index in [2.05, 4.69) is 5.32 Å². The molecule has 0 saturated carbocycles. The van der Waals surface area contributed by atoms with Crippen molar-refractivity contribution in [3.63, 3.8) is 0 Å². The van der Waals surface area contributed by atoms with Gasteiger partial charge >= 0.3 is 5.97 Å². The van der Waals surface area contributed by atoms with Crippen LogP contribution in [0.15, 0.2) is 42.5 Å².